The number of carbonyl (C=O) groups is 1. The number of rotatable bonds is 7. The van der Waals surface area contributed by atoms with Gasteiger partial charge in [-0.2, -0.15) is 0 Å². The smallest absolute Gasteiger partial charge is 0.251 e. The second-order valence-corrected chi connectivity index (χ2v) is 5.93. The van der Waals surface area contributed by atoms with Crippen molar-refractivity contribution in [2.45, 2.75) is 6.54 Å². The summed E-state index contributed by atoms with van der Waals surface area (Å²) in [5.41, 5.74) is 1.76. The van der Waals surface area contributed by atoms with Gasteiger partial charge in [0.2, 0.25) is 0 Å². The molecule has 0 aliphatic carbocycles. The molecule has 27 heavy (non-hydrogen) atoms. The highest BCUT2D eigenvalue weighted by molar-refractivity contribution is 14.0. The van der Waals surface area contributed by atoms with Gasteiger partial charge in [0, 0.05) is 32.7 Å². The SMILES string of the molecule is COc1ccc(C(=O)NCCNC(=NCc2ccccc2)N(C)C)cc1.I. The van der Waals surface area contributed by atoms with E-state index in [2.05, 4.69) is 15.6 Å². The van der Waals surface area contributed by atoms with Gasteiger partial charge in [-0.1, -0.05) is 30.3 Å². The lowest BCUT2D eigenvalue weighted by Gasteiger charge is -2.18. The quantitative estimate of drug-likeness (QED) is 0.276. The molecule has 0 aliphatic rings. The fourth-order valence-corrected chi connectivity index (χ4v) is 2.30. The number of hydrogen-bond acceptors (Lipinski definition) is 3. The van der Waals surface area contributed by atoms with Gasteiger partial charge in [-0.05, 0) is 29.8 Å². The lowest BCUT2D eigenvalue weighted by Crippen LogP contribution is -2.41. The van der Waals surface area contributed by atoms with Crippen molar-refractivity contribution in [2.24, 2.45) is 4.99 Å². The van der Waals surface area contributed by atoms with Crippen molar-refractivity contribution in [3.05, 3.63) is 65.7 Å². The number of aliphatic imine (C=N–C) groups is 1. The van der Waals surface area contributed by atoms with Crippen molar-refractivity contribution in [1.29, 1.82) is 0 Å². The van der Waals surface area contributed by atoms with Crippen LogP contribution in [-0.4, -0.2) is 51.1 Å². The first-order valence-corrected chi connectivity index (χ1v) is 8.52. The largest absolute Gasteiger partial charge is 0.497 e. The Morgan fingerprint density at radius 3 is 2.22 bits per heavy atom. The zero-order chi connectivity index (χ0) is 18.8. The van der Waals surface area contributed by atoms with Crippen molar-refractivity contribution in [2.75, 3.05) is 34.3 Å². The molecule has 2 aromatic rings. The van der Waals surface area contributed by atoms with Gasteiger partial charge in [0.25, 0.3) is 5.91 Å². The summed E-state index contributed by atoms with van der Waals surface area (Å²) >= 11 is 0. The number of methoxy groups -OCH3 is 1. The minimum Gasteiger partial charge on any atom is -0.497 e. The summed E-state index contributed by atoms with van der Waals surface area (Å²) < 4.78 is 5.09. The fourth-order valence-electron chi connectivity index (χ4n) is 2.30. The number of halogens is 1. The normalized spacial score (nSPS) is 10.6. The standard InChI is InChI=1S/C20H26N4O2.HI/c1-24(2)20(23-15-16-7-5-4-6-8-16)22-14-13-21-19(25)17-9-11-18(26-3)12-10-17;/h4-12H,13-15H2,1-3H3,(H,21,25)(H,22,23);1H. The van der Waals surface area contributed by atoms with Crippen LogP contribution in [0.25, 0.3) is 0 Å². The second-order valence-electron chi connectivity index (χ2n) is 5.93. The first-order chi connectivity index (χ1) is 12.6. The molecule has 0 atom stereocenters. The van der Waals surface area contributed by atoms with Gasteiger partial charge in [0.05, 0.1) is 13.7 Å². The van der Waals surface area contributed by atoms with Gasteiger partial charge in [-0.3, -0.25) is 4.79 Å². The number of guanidine groups is 1. The van der Waals surface area contributed by atoms with Crippen LogP contribution in [0.5, 0.6) is 5.75 Å². The molecule has 1 amide bonds. The molecule has 0 radical (unpaired) electrons. The maximum absolute atomic E-state index is 12.1. The molecule has 146 valence electrons. The Hall–Kier alpha value is -2.29. The minimum atomic E-state index is -0.109. The Morgan fingerprint density at radius 2 is 1.63 bits per heavy atom. The Bertz CT molecular complexity index is 719. The molecule has 0 aliphatic heterocycles. The highest BCUT2D eigenvalue weighted by Gasteiger charge is 2.06. The monoisotopic (exact) mass is 482 g/mol. The Kier molecular flexibility index (Phi) is 10.2. The third-order valence-electron chi connectivity index (χ3n) is 3.72. The van der Waals surface area contributed by atoms with Crippen LogP contribution in [-0.2, 0) is 6.54 Å². The molecular weight excluding hydrogens is 455 g/mol. The molecule has 2 aromatic carbocycles. The molecule has 7 heteroatoms. The summed E-state index contributed by atoms with van der Waals surface area (Å²) in [5.74, 6) is 1.41. The number of nitrogens with one attached hydrogen (secondary N) is 2. The van der Waals surface area contributed by atoms with E-state index in [0.717, 1.165) is 17.3 Å². The third kappa shape index (κ3) is 7.86. The van der Waals surface area contributed by atoms with Gasteiger partial charge in [0.1, 0.15) is 5.75 Å². The number of ether oxygens (including phenoxy) is 1. The van der Waals surface area contributed by atoms with Crippen LogP contribution < -0.4 is 15.4 Å². The predicted molar refractivity (Wildman–Crippen MR) is 120 cm³/mol. The fraction of sp³-hybridized carbons (Fsp3) is 0.300. The Balaban J connectivity index is 0.00000364. The van der Waals surface area contributed by atoms with Crippen molar-refractivity contribution in [3.8, 4) is 5.75 Å². The summed E-state index contributed by atoms with van der Waals surface area (Å²) in [6.45, 7) is 1.70. The van der Waals surface area contributed by atoms with Crippen molar-refractivity contribution < 1.29 is 9.53 Å². The molecular formula is C20H27IN4O2. The molecule has 0 aromatic heterocycles. The number of benzene rings is 2. The van der Waals surface area contributed by atoms with Crippen LogP contribution in [0.4, 0.5) is 0 Å². The van der Waals surface area contributed by atoms with E-state index in [1.165, 1.54) is 0 Å². The van der Waals surface area contributed by atoms with Crippen LogP contribution in [0.3, 0.4) is 0 Å². The van der Waals surface area contributed by atoms with E-state index >= 15 is 0 Å². The van der Waals surface area contributed by atoms with E-state index in [1.807, 2.05) is 49.3 Å². The average molecular weight is 482 g/mol. The second kappa shape index (κ2) is 12.2. The van der Waals surface area contributed by atoms with E-state index in [9.17, 15) is 4.79 Å². The van der Waals surface area contributed by atoms with Crippen LogP contribution in [0.1, 0.15) is 15.9 Å². The van der Waals surface area contributed by atoms with Crippen LogP contribution >= 0.6 is 24.0 Å². The molecule has 0 heterocycles. The topological polar surface area (TPSA) is 66.0 Å². The number of amides is 1. The first kappa shape index (κ1) is 22.8. The summed E-state index contributed by atoms with van der Waals surface area (Å²) in [4.78, 5) is 18.6. The number of hydrogen-bond donors (Lipinski definition) is 2. The lowest BCUT2D eigenvalue weighted by molar-refractivity contribution is 0.0954. The van der Waals surface area contributed by atoms with Crippen molar-refractivity contribution in [3.63, 3.8) is 0 Å². The average Bonchev–Trinajstić information content (AvgIpc) is 2.67. The van der Waals surface area contributed by atoms with Crippen LogP contribution in [0.15, 0.2) is 59.6 Å². The van der Waals surface area contributed by atoms with Gasteiger partial charge >= 0.3 is 0 Å². The molecule has 0 fully saturated rings. The number of nitrogens with zero attached hydrogens (tertiary/aromatic N) is 2. The van der Waals surface area contributed by atoms with Gasteiger partial charge in [0.15, 0.2) is 5.96 Å². The van der Waals surface area contributed by atoms with Gasteiger partial charge < -0.3 is 20.3 Å². The summed E-state index contributed by atoms with van der Waals surface area (Å²) in [5, 5.41) is 6.14. The highest BCUT2D eigenvalue weighted by Crippen LogP contribution is 2.10. The van der Waals surface area contributed by atoms with Crippen LogP contribution in [0.2, 0.25) is 0 Å². The van der Waals surface area contributed by atoms with E-state index in [1.54, 1.807) is 31.4 Å². The molecule has 0 unspecified atom stereocenters. The number of carbonyl (C=O) groups excluding carboxylic acids is 1. The molecule has 0 spiro atoms. The third-order valence-corrected chi connectivity index (χ3v) is 3.72. The maximum Gasteiger partial charge on any atom is 0.251 e. The Morgan fingerprint density at radius 1 is 1.00 bits per heavy atom. The predicted octanol–water partition coefficient (Wildman–Crippen LogP) is 2.75. The summed E-state index contributed by atoms with van der Waals surface area (Å²) in [7, 11) is 5.47. The lowest BCUT2D eigenvalue weighted by atomic mass is 10.2. The molecule has 6 nitrogen and oxygen atoms in total. The minimum absolute atomic E-state index is 0. The molecule has 0 bridgehead atoms. The highest BCUT2D eigenvalue weighted by atomic mass is 127. The first-order valence-electron chi connectivity index (χ1n) is 8.52. The van der Waals surface area contributed by atoms with E-state index in [-0.39, 0.29) is 29.9 Å². The Labute approximate surface area is 178 Å². The van der Waals surface area contributed by atoms with Crippen LogP contribution in [0, 0.1) is 0 Å². The zero-order valence-corrected chi connectivity index (χ0v) is 18.3. The van der Waals surface area contributed by atoms with Gasteiger partial charge in [-0.15, -0.1) is 24.0 Å². The zero-order valence-electron chi connectivity index (χ0n) is 15.9. The van der Waals surface area contributed by atoms with E-state index in [0.29, 0.717) is 25.2 Å². The molecule has 0 saturated heterocycles. The summed E-state index contributed by atoms with van der Waals surface area (Å²) in [6, 6.07) is 17.1. The van der Waals surface area contributed by atoms with Crippen molar-refractivity contribution >= 4 is 35.8 Å². The van der Waals surface area contributed by atoms with E-state index in [4.69, 9.17) is 4.74 Å². The molecule has 2 rings (SSSR count). The van der Waals surface area contributed by atoms with Gasteiger partial charge in [-0.25, -0.2) is 4.99 Å². The molecule has 0 saturated carbocycles. The van der Waals surface area contributed by atoms with Crippen molar-refractivity contribution in [1.82, 2.24) is 15.5 Å². The van der Waals surface area contributed by atoms with E-state index < -0.39 is 0 Å². The maximum atomic E-state index is 12.1. The summed E-state index contributed by atoms with van der Waals surface area (Å²) in [6.07, 6.45) is 0. The molecule has 2 N–H and O–H groups in total.